The summed E-state index contributed by atoms with van der Waals surface area (Å²) >= 11 is 0. The molecule has 1 aliphatic heterocycles. The normalized spacial score (nSPS) is 18.4. The lowest BCUT2D eigenvalue weighted by Gasteiger charge is -2.31. The molecule has 1 amide bonds. The molecule has 0 aliphatic carbocycles. The van der Waals surface area contributed by atoms with E-state index < -0.39 is 16.1 Å². The Kier molecular flexibility index (Phi) is 5.58. The number of carbonyl (C=O) groups is 1. The van der Waals surface area contributed by atoms with E-state index in [1.165, 1.54) is 21.4 Å². The molecule has 1 aromatic carbocycles. The minimum atomic E-state index is -3.67. The van der Waals surface area contributed by atoms with Gasteiger partial charge in [0.15, 0.2) is 0 Å². The van der Waals surface area contributed by atoms with Crippen LogP contribution in [-0.2, 0) is 14.8 Å². The van der Waals surface area contributed by atoms with Gasteiger partial charge >= 0.3 is 6.09 Å². The summed E-state index contributed by atoms with van der Waals surface area (Å²) in [6.07, 6.45) is 3.73. The molecular formula is C17H22N4O4S. The van der Waals surface area contributed by atoms with Crippen LogP contribution in [0.2, 0.25) is 0 Å². The molecule has 0 bridgehead atoms. The van der Waals surface area contributed by atoms with E-state index >= 15 is 0 Å². The number of para-hydroxylation sites is 1. The standard InChI is InChI=1S/C17H22N4O4S/c1-2-25-17(22)19-14-7-6-10-20(12-14)26(23,24)16-11-18-21(13-16)15-8-4-3-5-9-15/h3-5,8-9,11,13-14H,2,6-7,10,12H2,1H3,(H,19,22)/t14-/m1/s1. The number of ether oxygens (including phenoxy) is 1. The van der Waals surface area contributed by atoms with Crippen LogP contribution in [0, 0.1) is 0 Å². The number of nitrogens with zero attached hydrogens (tertiary/aromatic N) is 3. The zero-order valence-corrected chi connectivity index (χ0v) is 15.4. The van der Waals surface area contributed by atoms with Gasteiger partial charge in [0.05, 0.1) is 24.7 Å². The van der Waals surface area contributed by atoms with Gasteiger partial charge in [-0.1, -0.05) is 18.2 Å². The lowest BCUT2D eigenvalue weighted by molar-refractivity contribution is 0.142. The van der Waals surface area contributed by atoms with Crippen molar-refractivity contribution in [3.8, 4) is 5.69 Å². The molecule has 1 fully saturated rings. The topological polar surface area (TPSA) is 93.5 Å². The van der Waals surface area contributed by atoms with Crippen molar-refractivity contribution in [2.75, 3.05) is 19.7 Å². The lowest BCUT2D eigenvalue weighted by atomic mass is 10.1. The van der Waals surface area contributed by atoms with Crippen molar-refractivity contribution in [1.29, 1.82) is 0 Å². The third kappa shape index (κ3) is 4.05. The Morgan fingerprint density at radius 3 is 2.85 bits per heavy atom. The molecule has 1 aliphatic rings. The molecule has 0 unspecified atom stereocenters. The van der Waals surface area contributed by atoms with Crippen LogP contribution >= 0.6 is 0 Å². The number of amides is 1. The first-order valence-electron chi connectivity index (χ1n) is 8.54. The van der Waals surface area contributed by atoms with Gasteiger partial charge in [0.25, 0.3) is 0 Å². The van der Waals surface area contributed by atoms with Crippen LogP contribution in [0.25, 0.3) is 5.69 Å². The molecule has 2 heterocycles. The first kappa shape index (κ1) is 18.4. The highest BCUT2D eigenvalue weighted by Gasteiger charge is 2.32. The predicted molar refractivity (Wildman–Crippen MR) is 95.5 cm³/mol. The molecule has 1 aromatic heterocycles. The van der Waals surface area contributed by atoms with Gasteiger partial charge < -0.3 is 10.1 Å². The maximum atomic E-state index is 12.9. The Morgan fingerprint density at radius 2 is 2.12 bits per heavy atom. The van der Waals surface area contributed by atoms with E-state index in [4.69, 9.17) is 4.74 Å². The Morgan fingerprint density at radius 1 is 1.35 bits per heavy atom. The van der Waals surface area contributed by atoms with E-state index in [0.717, 1.165) is 5.69 Å². The molecule has 1 saturated heterocycles. The quantitative estimate of drug-likeness (QED) is 0.856. The fraction of sp³-hybridized carbons (Fsp3) is 0.412. The number of nitrogens with one attached hydrogen (secondary N) is 1. The minimum Gasteiger partial charge on any atom is -0.450 e. The van der Waals surface area contributed by atoms with Crippen LogP contribution in [0.4, 0.5) is 4.79 Å². The minimum absolute atomic E-state index is 0.137. The largest absolute Gasteiger partial charge is 0.450 e. The van der Waals surface area contributed by atoms with Crippen LogP contribution in [0.3, 0.4) is 0 Å². The third-order valence-corrected chi connectivity index (χ3v) is 6.02. The number of alkyl carbamates (subject to hydrolysis) is 1. The zero-order valence-electron chi connectivity index (χ0n) is 14.5. The van der Waals surface area contributed by atoms with Crippen molar-refractivity contribution in [2.45, 2.75) is 30.7 Å². The van der Waals surface area contributed by atoms with Crippen molar-refractivity contribution in [3.05, 3.63) is 42.7 Å². The highest BCUT2D eigenvalue weighted by atomic mass is 32.2. The lowest BCUT2D eigenvalue weighted by Crippen LogP contribution is -2.49. The third-order valence-electron chi connectivity index (χ3n) is 4.20. The van der Waals surface area contributed by atoms with Crippen LogP contribution in [-0.4, -0.2) is 54.3 Å². The van der Waals surface area contributed by atoms with Crippen molar-refractivity contribution < 1.29 is 17.9 Å². The van der Waals surface area contributed by atoms with Gasteiger partial charge in [-0.05, 0) is 31.9 Å². The van der Waals surface area contributed by atoms with E-state index in [1.54, 1.807) is 6.92 Å². The van der Waals surface area contributed by atoms with Crippen molar-refractivity contribution in [3.63, 3.8) is 0 Å². The Bertz CT molecular complexity index is 851. The van der Waals surface area contributed by atoms with Gasteiger partial charge in [0.1, 0.15) is 4.90 Å². The van der Waals surface area contributed by atoms with E-state index in [1.807, 2.05) is 30.3 Å². The van der Waals surface area contributed by atoms with Crippen molar-refractivity contribution >= 4 is 16.1 Å². The highest BCUT2D eigenvalue weighted by molar-refractivity contribution is 7.89. The fourth-order valence-electron chi connectivity index (χ4n) is 2.93. The van der Waals surface area contributed by atoms with Gasteiger partial charge in [-0.15, -0.1) is 0 Å². The maximum absolute atomic E-state index is 12.9. The number of carbonyl (C=O) groups excluding carboxylic acids is 1. The van der Waals surface area contributed by atoms with E-state index in [9.17, 15) is 13.2 Å². The average Bonchev–Trinajstić information content (AvgIpc) is 3.14. The molecular weight excluding hydrogens is 356 g/mol. The molecule has 3 rings (SSSR count). The smallest absolute Gasteiger partial charge is 0.407 e. The van der Waals surface area contributed by atoms with E-state index in [2.05, 4.69) is 10.4 Å². The second-order valence-corrected chi connectivity index (χ2v) is 7.96. The first-order chi connectivity index (χ1) is 12.5. The maximum Gasteiger partial charge on any atom is 0.407 e. The number of piperidine rings is 1. The number of sulfonamides is 1. The average molecular weight is 378 g/mol. The Hall–Kier alpha value is -2.39. The second kappa shape index (κ2) is 7.88. The van der Waals surface area contributed by atoms with Gasteiger partial charge in [-0.25, -0.2) is 17.9 Å². The number of rotatable bonds is 5. The molecule has 140 valence electrons. The SMILES string of the molecule is CCOC(=O)N[C@@H]1CCCN(S(=O)(=O)c2cnn(-c3ccccc3)c2)C1. The van der Waals surface area contributed by atoms with E-state index in [0.29, 0.717) is 19.4 Å². The molecule has 8 nitrogen and oxygen atoms in total. The summed E-state index contributed by atoms with van der Waals surface area (Å²) in [5, 5.41) is 6.88. The molecule has 0 spiro atoms. The van der Waals surface area contributed by atoms with Gasteiger partial charge in [0.2, 0.25) is 10.0 Å². The number of aromatic nitrogens is 2. The summed E-state index contributed by atoms with van der Waals surface area (Å²) in [5.74, 6) is 0. The zero-order chi connectivity index (χ0) is 18.6. The Balaban J connectivity index is 1.73. The van der Waals surface area contributed by atoms with Crippen LogP contribution in [0.5, 0.6) is 0 Å². The van der Waals surface area contributed by atoms with Gasteiger partial charge in [0, 0.05) is 19.1 Å². The van der Waals surface area contributed by atoms with Crippen molar-refractivity contribution in [2.24, 2.45) is 0 Å². The highest BCUT2D eigenvalue weighted by Crippen LogP contribution is 2.21. The van der Waals surface area contributed by atoms with Gasteiger partial charge in [-0.3, -0.25) is 0 Å². The summed E-state index contributed by atoms with van der Waals surface area (Å²) in [7, 11) is -3.67. The molecule has 2 aromatic rings. The van der Waals surface area contributed by atoms with Crippen molar-refractivity contribution in [1.82, 2.24) is 19.4 Å². The van der Waals surface area contributed by atoms with Gasteiger partial charge in [-0.2, -0.15) is 9.40 Å². The molecule has 1 N–H and O–H groups in total. The van der Waals surface area contributed by atoms with Crippen LogP contribution in [0.1, 0.15) is 19.8 Å². The summed E-state index contributed by atoms with van der Waals surface area (Å²) in [5.41, 5.74) is 0.787. The first-order valence-corrected chi connectivity index (χ1v) is 9.98. The summed E-state index contributed by atoms with van der Waals surface area (Å²) < 4.78 is 33.6. The molecule has 1 atom stereocenters. The molecule has 0 saturated carbocycles. The summed E-state index contributed by atoms with van der Waals surface area (Å²) in [6, 6.07) is 9.05. The molecule has 0 radical (unpaired) electrons. The second-order valence-electron chi connectivity index (χ2n) is 6.02. The monoisotopic (exact) mass is 378 g/mol. The fourth-order valence-corrected chi connectivity index (χ4v) is 4.39. The Labute approximate surface area is 152 Å². The summed E-state index contributed by atoms with van der Waals surface area (Å²) in [6.45, 7) is 2.64. The van der Waals surface area contributed by atoms with E-state index in [-0.39, 0.29) is 24.1 Å². The number of hydrogen-bond donors (Lipinski definition) is 1. The van der Waals surface area contributed by atoms with Crippen LogP contribution < -0.4 is 5.32 Å². The predicted octanol–water partition coefficient (Wildman–Crippen LogP) is 1.77. The number of benzene rings is 1. The number of hydrogen-bond acceptors (Lipinski definition) is 5. The molecule has 9 heteroatoms. The molecule has 26 heavy (non-hydrogen) atoms. The summed E-state index contributed by atoms with van der Waals surface area (Å²) in [4.78, 5) is 11.7. The van der Waals surface area contributed by atoms with Crippen LogP contribution in [0.15, 0.2) is 47.6 Å².